The maximum absolute atomic E-state index is 3.86. The Bertz CT molecular complexity index is 270. The Morgan fingerprint density at radius 3 is 1.91 bits per heavy atom. The highest BCUT2D eigenvalue weighted by atomic mass is 32.2. The number of hydrogen-bond donors (Lipinski definition) is 0. The summed E-state index contributed by atoms with van der Waals surface area (Å²) >= 11 is 4.14. The van der Waals surface area contributed by atoms with Crippen molar-refractivity contribution < 1.29 is 0 Å². The van der Waals surface area contributed by atoms with E-state index in [4.69, 9.17) is 0 Å². The van der Waals surface area contributed by atoms with Gasteiger partial charge in [0.05, 0.1) is 0 Å². The Labute approximate surface area is 75.0 Å². The number of aromatic nitrogens is 4. The van der Waals surface area contributed by atoms with Gasteiger partial charge in [0.15, 0.2) is 0 Å². The van der Waals surface area contributed by atoms with Gasteiger partial charge in [0, 0.05) is 10.8 Å². The zero-order chi connectivity index (χ0) is 7.52. The Hall–Kier alpha value is -0.530. The molecule has 0 unspecified atom stereocenters. The van der Waals surface area contributed by atoms with Crippen LogP contribution in [0, 0.1) is 0 Å². The third-order valence-electron chi connectivity index (χ3n) is 0.889. The first-order chi connectivity index (χ1) is 5.45. The quantitative estimate of drug-likeness (QED) is 0.739. The van der Waals surface area contributed by atoms with Crippen molar-refractivity contribution in [3.8, 4) is 0 Å². The van der Waals surface area contributed by atoms with E-state index in [9.17, 15) is 0 Å². The third kappa shape index (κ3) is 1.73. The monoisotopic (exact) mass is 202 g/mol. The number of nitrogens with zero attached hydrogens (tertiary/aromatic N) is 4. The lowest BCUT2D eigenvalue weighted by Crippen LogP contribution is -1.73. The van der Waals surface area contributed by atoms with Crippen LogP contribution in [0.15, 0.2) is 20.8 Å². The van der Waals surface area contributed by atoms with Gasteiger partial charge in [-0.3, -0.25) is 0 Å². The van der Waals surface area contributed by atoms with Crippen molar-refractivity contribution in [3.05, 3.63) is 10.8 Å². The van der Waals surface area contributed by atoms with Gasteiger partial charge in [0.1, 0.15) is 10.1 Å². The Kier molecular flexibility index (Phi) is 2.11. The lowest BCUT2D eigenvalue weighted by Gasteiger charge is -1.84. The first-order valence-electron chi connectivity index (χ1n) is 2.67. The summed E-state index contributed by atoms with van der Waals surface area (Å²) in [4.78, 5) is 0. The molecule has 4 nitrogen and oxygen atoms in total. The molecule has 0 aliphatic rings. The van der Waals surface area contributed by atoms with Crippen LogP contribution >= 0.6 is 34.8 Å². The lowest BCUT2D eigenvalue weighted by atomic mass is 11.0. The molecule has 0 aliphatic heterocycles. The predicted molar refractivity (Wildman–Crippen MR) is 43.9 cm³/mol. The standard InChI is InChI=1S/C4H2N4S3/c1-3(5-7-9-1)11-4-2-10-8-6-4/h1-2H. The van der Waals surface area contributed by atoms with Crippen LogP contribution in [-0.2, 0) is 0 Å². The molecule has 0 aliphatic carbocycles. The maximum Gasteiger partial charge on any atom is 0.138 e. The van der Waals surface area contributed by atoms with E-state index in [-0.39, 0.29) is 0 Å². The Morgan fingerprint density at radius 2 is 1.55 bits per heavy atom. The normalized spacial score (nSPS) is 10.2. The fraction of sp³-hybridized carbons (Fsp3) is 0. The van der Waals surface area contributed by atoms with Crippen LogP contribution in [0.1, 0.15) is 0 Å². The molecule has 0 amide bonds. The Morgan fingerprint density at radius 1 is 1.00 bits per heavy atom. The smallest absolute Gasteiger partial charge is 0.131 e. The van der Waals surface area contributed by atoms with Crippen LogP contribution in [0.2, 0.25) is 0 Å². The average molecular weight is 202 g/mol. The second-order valence-corrected chi connectivity index (χ2v) is 3.85. The van der Waals surface area contributed by atoms with Gasteiger partial charge in [-0.2, -0.15) is 0 Å². The minimum Gasteiger partial charge on any atom is -0.131 e. The van der Waals surface area contributed by atoms with E-state index >= 15 is 0 Å². The molecule has 0 spiro atoms. The van der Waals surface area contributed by atoms with Gasteiger partial charge in [-0.25, -0.2) is 0 Å². The summed E-state index contributed by atoms with van der Waals surface area (Å²) in [6.07, 6.45) is 0. The molecule has 0 bridgehead atoms. The van der Waals surface area contributed by atoms with Crippen LogP contribution in [0.25, 0.3) is 0 Å². The molecule has 0 radical (unpaired) electrons. The SMILES string of the molecule is c1snnc1Sc1csnn1. The first-order valence-corrected chi connectivity index (χ1v) is 5.16. The highest BCUT2D eigenvalue weighted by Crippen LogP contribution is 2.24. The number of hydrogen-bond acceptors (Lipinski definition) is 7. The van der Waals surface area contributed by atoms with Gasteiger partial charge in [-0.15, -0.1) is 10.2 Å². The first kappa shape index (κ1) is 7.14. The summed E-state index contributed by atoms with van der Waals surface area (Å²) in [6, 6.07) is 0. The zero-order valence-electron chi connectivity index (χ0n) is 5.17. The highest BCUT2D eigenvalue weighted by Gasteiger charge is 2.01. The molecule has 2 heterocycles. The summed E-state index contributed by atoms with van der Waals surface area (Å²) in [5, 5.41) is 13.2. The molecule has 0 fully saturated rings. The van der Waals surface area contributed by atoms with Crippen molar-refractivity contribution in [2.75, 3.05) is 0 Å². The molecule has 2 aromatic rings. The summed E-state index contributed by atoms with van der Waals surface area (Å²) in [6.45, 7) is 0. The van der Waals surface area contributed by atoms with Gasteiger partial charge in [-0.05, 0) is 34.8 Å². The minimum atomic E-state index is 0.878. The van der Waals surface area contributed by atoms with Crippen molar-refractivity contribution in [2.45, 2.75) is 10.1 Å². The predicted octanol–water partition coefficient (Wildman–Crippen LogP) is 1.54. The maximum atomic E-state index is 3.86. The van der Waals surface area contributed by atoms with Gasteiger partial charge in [-0.1, -0.05) is 8.98 Å². The average Bonchev–Trinajstić information content (AvgIpc) is 2.60. The Balaban J connectivity index is 2.14. The van der Waals surface area contributed by atoms with E-state index < -0.39 is 0 Å². The van der Waals surface area contributed by atoms with Crippen LogP contribution in [-0.4, -0.2) is 19.2 Å². The van der Waals surface area contributed by atoms with Crippen LogP contribution in [0.3, 0.4) is 0 Å². The van der Waals surface area contributed by atoms with Crippen LogP contribution in [0.5, 0.6) is 0 Å². The van der Waals surface area contributed by atoms with Crippen LogP contribution < -0.4 is 0 Å². The van der Waals surface area contributed by atoms with Gasteiger partial charge < -0.3 is 0 Å². The van der Waals surface area contributed by atoms with E-state index in [1.54, 1.807) is 0 Å². The van der Waals surface area contributed by atoms with Crippen molar-refractivity contribution >= 4 is 34.8 Å². The molecule has 0 atom stereocenters. The molecule has 2 rings (SSSR count). The molecule has 0 aromatic carbocycles. The molecule has 0 N–H and O–H groups in total. The molecular formula is C4H2N4S3. The molecule has 7 heteroatoms. The summed E-state index contributed by atoms with van der Waals surface area (Å²) in [7, 11) is 0. The van der Waals surface area contributed by atoms with Crippen molar-refractivity contribution in [1.82, 2.24) is 19.2 Å². The van der Waals surface area contributed by atoms with E-state index in [2.05, 4.69) is 19.2 Å². The van der Waals surface area contributed by atoms with E-state index in [1.807, 2.05) is 10.8 Å². The van der Waals surface area contributed by atoms with E-state index in [1.165, 1.54) is 34.8 Å². The van der Waals surface area contributed by atoms with E-state index in [0.717, 1.165) is 10.1 Å². The topological polar surface area (TPSA) is 51.6 Å². The van der Waals surface area contributed by atoms with Crippen LogP contribution in [0.4, 0.5) is 0 Å². The van der Waals surface area contributed by atoms with Crippen molar-refractivity contribution in [3.63, 3.8) is 0 Å². The van der Waals surface area contributed by atoms with Gasteiger partial charge in [0.2, 0.25) is 0 Å². The molecular weight excluding hydrogens is 200 g/mol. The second kappa shape index (κ2) is 3.24. The summed E-state index contributed by atoms with van der Waals surface area (Å²) < 4.78 is 7.46. The number of rotatable bonds is 2. The summed E-state index contributed by atoms with van der Waals surface area (Å²) in [5.74, 6) is 0. The molecule has 0 saturated carbocycles. The van der Waals surface area contributed by atoms with Crippen molar-refractivity contribution in [2.24, 2.45) is 0 Å². The zero-order valence-corrected chi connectivity index (χ0v) is 7.62. The van der Waals surface area contributed by atoms with Gasteiger partial charge in [0.25, 0.3) is 0 Å². The third-order valence-corrected chi connectivity index (χ3v) is 3.01. The minimum absolute atomic E-state index is 0.878. The largest absolute Gasteiger partial charge is 0.138 e. The molecule has 0 saturated heterocycles. The second-order valence-electron chi connectivity index (χ2n) is 1.59. The molecule has 56 valence electrons. The van der Waals surface area contributed by atoms with Gasteiger partial charge >= 0.3 is 0 Å². The summed E-state index contributed by atoms with van der Waals surface area (Å²) in [5.41, 5.74) is 0. The fourth-order valence-corrected chi connectivity index (χ4v) is 2.27. The van der Waals surface area contributed by atoms with E-state index in [0.29, 0.717) is 0 Å². The fourth-order valence-electron chi connectivity index (χ4n) is 0.508. The van der Waals surface area contributed by atoms with Crippen molar-refractivity contribution in [1.29, 1.82) is 0 Å². The molecule has 2 aromatic heterocycles. The highest BCUT2D eigenvalue weighted by molar-refractivity contribution is 7.99. The molecule has 11 heavy (non-hydrogen) atoms. The lowest BCUT2D eigenvalue weighted by molar-refractivity contribution is 1.00.